The molecule has 2 heterocycles. The molecule has 0 amide bonds. The molecule has 0 N–H and O–H groups in total. The highest BCUT2D eigenvalue weighted by molar-refractivity contribution is 5.77. The first-order valence-electron chi connectivity index (χ1n) is 8.25. The number of alkyl halides is 3. The summed E-state index contributed by atoms with van der Waals surface area (Å²) in [6.45, 7) is 3.79. The van der Waals surface area contributed by atoms with Crippen LogP contribution < -0.4 is 0 Å². The maximum atomic E-state index is 14.3. The zero-order chi connectivity index (χ0) is 17.7. The second-order valence-electron chi connectivity index (χ2n) is 5.81. The van der Waals surface area contributed by atoms with Crippen LogP contribution in [0.15, 0.2) is 35.7 Å². The van der Waals surface area contributed by atoms with Gasteiger partial charge in [0.2, 0.25) is 0 Å². The zero-order valence-electron chi connectivity index (χ0n) is 14.0. The summed E-state index contributed by atoms with van der Waals surface area (Å²) < 4.78 is 55.5. The lowest BCUT2D eigenvalue weighted by atomic mass is 10.0. The van der Waals surface area contributed by atoms with Crippen LogP contribution in [0.3, 0.4) is 0 Å². The van der Waals surface area contributed by atoms with Crippen molar-refractivity contribution < 1.29 is 17.6 Å². The molecule has 0 saturated carbocycles. The van der Waals surface area contributed by atoms with Gasteiger partial charge in [-0.3, -0.25) is 4.68 Å². The molecular weight excluding hydrogens is 320 g/mol. The number of hydrogen-bond acceptors (Lipinski definition) is 1. The fraction of sp³-hybridized carbons (Fsp3) is 0.500. The largest absolute Gasteiger partial charge is 0.416 e. The molecular formula is C18H22F4N2. The number of nitrogens with zero attached hydrogens (tertiary/aromatic N) is 2. The van der Waals surface area contributed by atoms with Crippen molar-refractivity contribution in [1.29, 1.82) is 0 Å². The molecule has 132 valence electrons. The smallest absolute Gasteiger partial charge is 0.269 e. The number of aryl methyl sites for hydroxylation is 2. The van der Waals surface area contributed by atoms with Crippen molar-refractivity contribution in [2.24, 2.45) is 0 Å². The maximum Gasteiger partial charge on any atom is 0.416 e. The topological polar surface area (TPSA) is 17.8 Å². The maximum absolute atomic E-state index is 14.3. The van der Waals surface area contributed by atoms with Gasteiger partial charge in [0.05, 0.1) is 11.3 Å². The summed E-state index contributed by atoms with van der Waals surface area (Å²) in [6, 6.07) is 1.71. The quantitative estimate of drug-likeness (QED) is 0.502. The summed E-state index contributed by atoms with van der Waals surface area (Å²) in [7, 11) is 0. The summed E-state index contributed by atoms with van der Waals surface area (Å²) in [6.07, 6.45) is 2.68. The monoisotopic (exact) mass is 342 g/mol. The van der Waals surface area contributed by atoms with E-state index in [0.717, 1.165) is 56.2 Å². The molecule has 0 atom stereocenters. The van der Waals surface area contributed by atoms with E-state index < -0.39 is 17.6 Å². The molecule has 0 aromatic carbocycles. The lowest BCUT2D eigenvalue weighted by molar-refractivity contribution is -0.0883. The molecule has 1 aromatic rings. The summed E-state index contributed by atoms with van der Waals surface area (Å²) in [5.41, 5.74) is 0.245. The van der Waals surface area contributed by atoms with Gasteiger partial charge in [-0.1, -0.05) is 25.5 Å². The first-order valence-corrected chi connectivity index (χ1v) is 8.25. The Labute approximate surface area is 139 Å². The Balaban J connectivity index is 2.50. The Morgan fingerprint density at radius 2 is 2.04 bits per heavy atom. The first kappa shape index (κ1) is 18.5. The van der Waals surface area contributed by atoms with Crippen LogP contribution in [-0.4, -0.2) is 16.0 Å². The molecule has 0 spiro atoms. The molecule has 2 rings (SSSR count). The fourth-order valence-corrected chi connectivity index (χ4v) is 2.78. The molecule has 0 unspecified atom stereocenters. The van der Waals surface area contributed by atoms with Crippen LogP contribution in [-0.2, 0) is 13.0 Å². The lowest BCUT2D eigenvalue weighted by Crippen LogP contribution is -2.10. The summed E-state index contributed by atoms with van der Waals surface area (Å²) in [5.74, 6) is -0.700. The standard InChI is InChI=1S/C18H22F4N2/c1-3-8-13(18(20,21)22)11-15(16(19)4-2)17-12-14-9-6-5-7-10-24(14)23-17/h4,8,11-12H,3,5-7,9-10H2,1-2H3/b13-8-,15-11+,16-4+. The van der Waals surface area contributed by atoms with Crippen LogP contribution in [0.5, 0.6) is 0 Å². The Morgan fingerprint density at radius 1 is 1.29 bits per heavy atom. The lowest BCUT2D eigenvalue weighted by Gasteiger charge is -2.10. The average molecular weight is 342 g/mol. The third-order valence-corrected chi connectivity index (χ3v) is 4.00. The van der Waals surface area contributed by atoms with Gasteiger partial charge in [-0.2, -0.15) is 18.3 Å². The van der Waals surface area contributed by atoms with Crippen molar-refractivity contribution in [3.63, 3.8) is 0 Å². The Bertz CT molecular complexity index is 640. The van der Waals surface area contributed by atoms with E-state index in [1.165, 1.54) is 6.92 Å². The van der Waals surface area contributed by atoms with E-state index in [0.29, 0.717) is 0 Å². The van der Waals surface area contributed by atoms with Crippen molar-refractivity contribution in [3.8, 4) is 0 Å². The summed E-state index contributed by atoms with van der Waals surface area (Å²) in [4.78, 5) is 0. The van der Waals surface area contributed by atoms with Gasteiger partial charge in [-0.25, -0.2) is 4.39 Å². The molecule has 0 radical (unpaired) electrons. The van der Waals surface area contributed by atoms with E-state index >= 15 is 0 Å². The fourth-order valence-electron chi connectivity index (χ4n) is 2.78. The van der Waals surface area contributed by atoms with Crippen molar-refractivity contribution in [3.05, 3.63) is 47.1 Å². The van der Waals surface area contributed by atoms with E-state index in [-0.39, 0.29) is 17.7 Å². The molecule has 0 saturated heterocycles. The molecule has 0 aliphatic carbocycles. The minimum atomic E-state index is -4.52. The SMILES string of the molecule is C\C=C(F)/C(=C\C(=C\CC)C(F)(F)F)c1cc2n(n1)CCCCC2. The number of aromatic nitrogens is 2. The second kappa shape index (κ2) is 7.81. The van der Waals surface area contributed by atoms with Crippen LogP contribution in [0.4, 0.5) is 17.6 Å². The highest BCUT2D eigenvalue weighted by atomic mass is 19.4. The van der Waals surface area contributed by atoms with E-state index in [2.05, 4.69) is 5.10 Å². The summed E-state index contributed by atoms with van der Waals surface area (Å²) in [5, 5.41) is 4.35. The van der Waals surface area contributed by atoms with E-state index in [9.17, 15) is 17.6 Å². The summed E-state index contributed by atoms with van der Waals surface area (Å²) >= 11 is 0. The van der Waals surface area contributed by atoms with E-state index in [1.54, 1.807) is 17.7 Å². The van der Waals surface area contributed by atoms with Gasteiger partial charge in [0.15, 0.2) is 0 Å². The van der Waals surface area contributed by atoms with Gasteiger partial charge in [-0.15, -0.1) is 0 Å². The van der Waals surface area contributed by atoms with Crippen LogP contribution in [0, 0.1) is 0 Å². The number of rotatable bonds is 4. The van der Waals surface area contributed by atoms with E-state index in [1.807, 2.05) is 0 Å². The van der Waals surface area contributed by atoms with Crippen molar-refractivity contribution in [2.45, 2.75) is 58.7 Å². The van der Waals surface area contributed by atoms with Crippen molar-refractivity contribution in [1.82, 2.24) is 9.78 Å². The van der Waals surface area contributed by atoms with Gasteiger partial charge < -0.3 is 0 Å². The molecule has 1 aliphatic heterocycles. The predicted octanol–water partition coefficient (Wildman–Crippen LogP) is 5.76. The number of hydrogen-bond donors (Lipinski definition) is 0. The molecule has 0 fully saturated rings. The Kier molecular flexibility index (Phi) is 6.02. The zero-order valence-corrected chi connectivity index (χ0v) is 14.0. The molecule has 24 heavy (non-hydrogen) atoms. The number of fused-ring (bicyclic) bond motifs is 1. The van der Waals surface area contributed by atoms with Crippen LogP contribution in [0.25, 0.3) is 5.57 Å². The van der Waals surface area contributed by atoms with Crippen LogP contribution in [0.2, 0.25) is 0 Å². The minimum Gasteiger partial charge on any atom is -0.269 e. The Hall–Kier alpha value is -1.85. The van der Waals surface area contributed by atoms with E-state index in [4.69, 9.17) is 0 Å². The predicted molar refractivity (Wildman–Crippen MR) is 87.1 cm³/mol. The number of allylic oxidation sites excluding steroid dienone is 6. The molecule has 6 heteroatoms. The third-order valence-electron chi connectivity index (χ3n) is 4.00. The highest BCUT2D eigenvalue weighted by Crippen LogP contribution is 2.33. The van der Waals surface area contributed by atoms with Gasteiger partial charge in [0, 0.05) is 17.8 Å². The van der Waals surface area contributed by atoms with Crippen molar-refractivity contribution >= 4 is 5.57 Å². The highest BCUT2D eigenvalue weighted by Gasteiger charge is 2.32. The molecule has 2 nitrogen and oxygen atoms in total. The van der Waals surface area contributed by atoms with Gasteiger partial charge >= 0.3 is 6.18 Å². The number of halogens is 4. The van der Waals surface area contributed by atoms with Crippen LogP contribution >= 0.6 is 0 Å². The minimum absolute atomic E-state index is 0.116. The molecule has 0 bridgehead atoms. The van der Waals surface area contributed by atoms with Crippen molar-refractivity contribution in [2.75, 3.05) is 0 Å². The average Bonchev–Trinajstić information content (AvgIpc) is 2.80. The third kappa shape index (κ3) is 4.36. The van der Waals surface area contributed by atoms with Crippen LogP contribution in [0.1, 0.15) is 50.9 Å². The van der Waals surface area contributed by atoms with Gasteiger partial charge in [-0.05, 0) is 44.7 Å². The Morgan fingerprint density at radius 3 is 2.67 bits per heavy atom. The first-order chi connectivity index (χ1) is 11.4. The van der Waals surface area contributed by atoms with Gasteiger partial charge in [0.1, 0.15) is 5.83 Å². The molecule has 1 aliphatic rings. The molecule has 1 aromatic heterocycles. The normalized spacial score (nSPS) is 17.7. The second-order valence-corrected chi connectivity index (χ2v) is 5.81. The van der Waals surface area contributed by atoms with Gasteiger partial charge in [0.25, 0.3) is 0 Å².